The molecule has 0 radical (unpaired) electrons. The quantitative estimate of drug-likeness (QED) is 0.845. The second-order valence-electron chi connectivity index (χ2n) is 4.27. The molecule has 1 saturated heterocycles. The normalized spacial score (nSPS) is 25.6. The van der Waals surface area contributed by atoms with E-state index in [0.717, 1.165) is 13.1 Å². The number of nitrogens with one attached hydrogen (secondary N) is 1. The fourth-order valence-electron chi connectivity index (χ4n) is 1.99. The minimum Gasteiger partial charge on any atom is -0.380 e. The van der Waals surface area contributed by atoms with Gasteiger partial charge in [0.1, 0.15) is 0 Å². The summed E-state index contributed by atoms with van der Waals surface area (Å²) in [6.07, 6.45) is 0.470. The van der Waals surface area contributed by atoms with Crippen LogP contribution in [-0.4, -0.2) is 26.3 Å². The third kappa shape index (κ3) is 2.82. The highest BCUT2D eigenvalue weighted by Crippen LogP contribution is 2.21. The molecule has 16 heavy (non-hydrogen) atoms. The van der Waals surface area contributed by atoms with Gasteiger partial charge in [0.2, 0.25) is 0 Å². The van der Waals surface area contributed by atoms with Crippen LogP contribution in [0.15, 0.2) is 24.3 Å². The predicted octanol–water partition coefficient (Wildman–Crippen LogP) is 1.88. The summed E-state index contributed by atoms with van der Waals surface area (Å²) in [5, 5.41) is 3.37. The molecule has 1 aliphatic heterocycles. The lowest BCUT2D eigenvalue weighted by Crippen LogP contribution is -2.38. The summed E-state index contributed by atoms with van der Waals surface area (Å²) in [5.74, 6) is 0. The summed E-state index contributed by atoms with van der Waals surface area (Å²) in [6, 6.07) is 8.44. The largest absolute Gasteiger partial charge is 0.380 e. The first-order valence-corrected chi connectivity index (χ1v) is 5.73. The van der Waals surface area contributed by atoms with Gasteiger partial charge >= 0.3 is 0 Å². The highest BCUT2D eigenvalue weighted by atomic mass is 16.5. The molecule has 1 N–H and O–H groups in total. The second kappa shape index (κ2) is 5.43. The van der Waals surface area contributed by atoms with Gasteiger partial charge in [-0.05, 0) is 18.1 Å². The highest BCUT2D eigenvalue weighted by Gasteiger charge is 2.19. The summed E-state index contributed by atoms with van der Waals surface area (Å²) in [7, 11) is 1.71. The minimum atomic E-state index is 0.181. The fourth-order valence-corrected chi connectivity index (χ4v) is 1.99. The van der Waals surface area contributed by atoms with Crippen molar-refractivity contribution in [1.82, 2.24) is 5.32 Å². The van der Waals surface area contributed by atoms with E-state index in [1.54, 1.807) is 7.11 Å². The first-order valence-electron chi connectivity index (χ1n) is 5.73. The molecule has 1 aromatic rings. The van der Waals surface area contributed by atoms with E-state index < -0.39 is 0 Å². The fraction of sp³-hybridized carbons (Fsp3) is 0.538. The third-order valence-corrected chi connectivity index (χ3v) is 2.82. The van der Waals surface area contributed by atoms with E-state index >= 15 is 0 Å². The highest BCUT2D eigenvalue weighted by molar-refractivity contribution is 5.24. The van der Waals surface area contributed by atoms with Crippen molar-refractivity contribution in [3.05, 3.63) is 35.4 Å². The van der Waals surface area contributed by atoms with E-state index in [2.05, 4.69) is 36.5 Å². The van der Waals surface area contributed by atoms with Crippen LogP contribution in [0.2, 0.25) is 0 Å². The van der Waals surface area contributed by atoms with Crippen molar-refractivity contribution in [2.24, 2.45) is 0 Å². The monoisotopic (exact) mass is 221 g/mol. The van der Waals surface area contributed by atoms with Gasteiger partial charge in [0.15, 0.2) is 0 Å². The Morgan fingerprint density at radius 2 is 2.06 bits per heavy atom. The van der Waals surface area contributed by atoms with Gasteiger partial charge in [0, 0.05) is 20.2 Å². The van der Waals surface area contributed by atoms with Crippen LogP contribution in [0.1, 0.15) is 24.2 Å². The topological polar surface area (TPSA) is 30.5 Å². The molecule has 0 aromatic heterocycles. The number of hydrogen-bond donors (Lipinski definition) is 1. The van der Waals surface area contributed by atoms with Gasteiger partial charge in [-0.2, -0.15) is 0 Å². The van der Waals surface area contributed by atoms with Gasteiger partial charge in [-0.25, -0.2) is 0 Å². The van der Waals surface area contributed by atoms with Crippen molar-refractivity contribution in [3.63, 3.8) is 0 Å². The first kappa shape index (κ1) is 11.6. The Kier molecular flexibility index (Phi) is 3.93. The molecule has 88 valence electrons. The predicted molar refractivity (Wildman–Crippen MR) is 63.3 cm³/mol. The Bertz CT molecular complexity index is 323. The maximum absolute atomic E-state index is 5.88. The van der Waals surface area contributed by atoms with E-state index in [0.29, 0.717) is 6.61 Å². The average molecular weight is 221 g/mol. The molecular weight excluding hydrogens is 202 g/mol. The van der Waals surface area contributed by atoms with Crippen molar-refractivity contribution in [1.29, 1.82) is 0 Å². The second-order valence-corrected chi connectivity index (χ2v) is 4.27. The number of rotatable bonds is 3. The number of ether oxygens (including phenoxy) is 2. The molecule has 2 rings (SSSR count). The maximum atomic E-state index is 5.88. The molecule has 0 amide bonds. The van der Waals surface area contributed by atoms with E-state index in [-0.39, 0.29) is 12.2 Å². The Hall–Kier alpha value is -0.900. The zero-order valence-corrected chi connectivity index (χ0v) is 9.90. The Balaban J connectivity index is 2.03. The standard InChI is InChI=1S/C13H19NO2/c1-10-7-14-8-13(16-10)12-5-3-11(4-6-12)9-15-2/h3-6,10,13-14H,7-9H2,1-2H3. The summed E-state index contributed by atoms with van der Waals surface area (Å²) in [6.45, 7) is 4.60. The van der Waals surface area contributed by atoms with E-state index in [9.17, 15) is 0 Å². The van der Waals surface area contributed by atoms with Crippen molar-refractivity contribution in [2.75, 3.05) is 20.2 Å². The summed E-state index contributed by atoms with van der Waals surface area (Å²) in [4.78, 5) is 0. The van der Waals surface area contributed by atoms with Gasteiger partial charge in [-0.15, -0.1) is 0 Å². The molecule has 3 heteroatoms. The van der Waals surface area contributed by atoms with Crippen molar-refractivity contribution >= 4 is 0 Å². The van der Waals surface area contributed by atoms with E-state index in [4.69, 9.17) is 9.47 Å². The molecular formula is C13H19NO2. The van der Waals surface area contributed by atoms with Gasteiger partial charge in [-0.3, -0.25) is 0 Å². The summed E-state index contributed by atoms with van der Waals surface area (Å²) >= 11 is 0. The van der Waals surface area contributed by atoms with Crippen LogP contribution >= 0.6 is 0 Å². The molecule has 1 aliphatic rings. The van der Waals surface area contributed by atoms with Gasteiger partial charge in [-0.1, -0.05) is 24.3 Å². The van der Waals surface area contributed by atoms with E-state index in [1.807, 2.05) is 0 Å². The zero-order chi connectivity index (χ0) is 11.4. The molecule has 0 spiro atoms. The van der Waals surface area contributed by atoms with Crippen LogP contribution < -0.4 is 5.32 Å². The maximum Gasteiger partial charge on any atom is 0.0953 e. The smallest absolute Gasteiger partial charge is 0.0953 e. The molecule has 1 fully saturated rings. The Labute approximate surface area is 96.8 Å². The lowest BCUT2D eigenvalue weighted by molar-refractivity contribution is -0.0287. The van der Waals surface area contributed by atoms with Gasteiger partial charge in [0.25, 0.3) is 0 Å². The Morgan fingerprint density at radius 3 is 2.69 bits per heavy atom. The van der Waals surface area contributed by atoms with Crippen LogP contribution in [0.25, 0.3) is 0 Å². The SMILES string of the molecule is COCc1ccc(C2CNCC(C)O2)cc1. The van der Waals surface area contributed by atoms with Crippen molar-refractivity contribution in [2.45, 2.75) is 25.7 Å². The zero-order valence-electron chi connectivity index (χ0n) is 9.90. The lowest BCUT2D eigenvalue weighted by Gasteiger charge is -2.29. The number of morpholine rings is 1. The lowest BCUT2D eigenvalue weighted by atomic mass is 10.1. The van der Waals surface area contributed by atoms with E-state index in [1.165, 1.54) is 11.1 Å². The van der Waals surface area contributed by atoms with Crippen LogP contribution in [0.5, 0.6) is 0 Å². The molecule has 1 heterocycles. The summed E-state index contributed by atoms with van der Waals surface area (Å²) < 4.78 is 11.0. The first-order chi connectivity index (χ1) is 7.79. The molecule has 0 bridgehead atoms. The molecule has 2 atom stereocenters. The van der Waals surface area contributed by atoms with Crippen LogP contribution in [0.4, 0.5) is 0 Å². The van der Waals surface area contributed by atoms with Crippen LogP contribution in [0.3, 0.4) is 0 Å². The van der Waals surface area contributed by atoms with Crippen LogP contribution in [0, 0.1) is 0 Å². The van der Waals surface area contributed by atoms with Gasteiger partial charge in [0.05, 0.1) is 18.8 Å². The van der Waals surface area contributed by atoms with Crippen LogP contribution in [-0.2, 0) is 16.1 Å². The molecule has 2 unspecified atom stereocenters. The number of hydrogen-bond acceptors (Lipinski definition) is 3. The van der Waals surface area contributed by atoms with Crippen molar-refractivity contribution in [3.8, 4) is 0 Å². The Morgan fingerprint density at radius 1 is 1.31 bits per heavy atom. The summed E-state index contributed by atoms with van der Waals surface area (Å²) in [5.41, 5.74) is 2.43. The van der Waals surface area contributed by atoms with Gasteiger partial charge < -0.3 is 14.8 Å². The average Bonchev–Trinajstić information content (AvgIpc) is 2.30. The number of benzene rings is 1. The third-order valence-electron chi connectivity index (χ3n) is 2.82. The molecule has 1 aromatic carbocycles. The number of methoxy groups -OCH3 is 1. The molecule has 0 saturated carbocycles. The minimum absolute atomic E-state index is 0.181. The molecule has 0 aliphatic carbocycles. The molecule has 3 nitrogen and oxygen atoms in total. The van der Waals surface area contributed by atoms with Crippen molar-refractivity contribution < 1.29 is 9.47 Å².